The number of carbonyl (C=O) groups excluding carboxylic acids is 1. The SMILES string of the molecule is CCC(CC)(CO)NC(=O)c1cccc(F)c1. The van der Waals surface area contributed by atoms with Gasteiger partial charge in [0.05, 0.1) is 12.1 Å². The minimum absolute atomic E-state index is 0.124. The highest BCUT2D eigenvalue weighted by atomic mass is 19.1. The van der Waals surface area contributed by atoms with Crippen LogP contribution in [0.1, 0.15) is 37.0 Å². The van der Waals surface area contributed by atoms with Crippen molar-refractivity contribution in [2.75, 3.05) is 6.61 Å². The van der Waals surface area contributed by atoms with Crippen molar-refractivity contribution in [2.24, 2.45) is 0 Å². The largest absolute Gasteiger partial charge is 0.394 e. The molecule has 0 saturated carbocycles. The lowest BCUT2D eigenvalue weighted by Gasteiger charge is -2.30. The summed E-state index contributed by atoms with van der Waals surface area (Å²) < 4.78 is 13.0. The third-order valence-electron chi connectivity index (χ3n) is 3.12. The summed E-state index contributed by atoms with van der Waals surface area (Å²) in [6.07, 6.45) is 1.25. The number of nitrogens with one attached hydrogen (secondary N) is 1. The van der Waals surface area contributed by atoms with Gasteiger partial charge in [0.25, 0.3) is 5.91 Å². The van der Waals surface area contributed by atoms with Crippen LogP contribution >= 0.6 is 0 Å². The van der Waals surface area contributed by atoms with Gasteiger partial charge in [0.2, 0.25) is 0 Å². The summed E-state index contributed by atoms with van der Waals surface area (Å²) in [5, 5.41) is 12.1. The Morgan fingerprint density at radius 1 is 1.41 bits per heavy atom. The molecule has 0 aromatic heterocycles. The highest BCUT2D eigenvalue weighted by Crippen LogP contribution is 2.15. The summed E-state index contributed by atoms with van der Waals surface area (Å²) in [7, 11) is 0. The maximum atomic E-state index is 13.0. The molecule has 0 heterocycles. The van der Waals surface area contributed by atoms with E-state index in [9.17, 15) is 14.3 Å². The normalized spacial score (nSPS) is 11.3. The van der Waals surface area contributed by atoms with Crippen molar-refractivity contribution >= 4 is 5.91 Å². The minimum atomic E-state index is -0.622. The van der Waals surface area contributed by atoms with E-state index in [0.717, 1.165) is 0 Å². The lowest BCUT2D eigenvalue weighted by Crippen LogP contribution is -2.50. The molecule has 17 heavy (non-hydrogen) atoms. The first-order chi connectivity index (χ1) is 8.06. The number of amides is 1. The summed E-state index contributed by atoms with van der Waals surface area (Å²) >= 11 is 0. The van der Waals surface area contributed by atoms with Crippen LogP contribution in [0.15, 0.2) is 24.3 Å². The number of rotatable bonds is 5. The number of aliphatic hydroxyl groups excluding tert-OH is 1. The molecule has 94 valence electrons. The van der Waals surface area contributed by atoms with Crippen LogP contribution in [0.3, 0.4) is 0 Å². The van der Waals surface area contributed by atoms with Crippen LogP contribution in [0.5, 0.6) is 0 Å². The standard InChI is InChI=1S/C13H18FNO2/c1-3-13(4-2,9-16)15-12(17)10-6-5-7-11(14)8-10/h5-8,16H,3-4,9H2,1-2H3,(H,15,17). The van der Waals surface area contributed by atoms with Gasteiger partial charge in [0.15, 0.2) is 0 Å². The Balaban J connectivity index is 2.84. The zero-order valence-electron chi connectivity index (χ0n) is 10.2. The van der Waals surface area contributed by atoms with Crippen LogP contribution in [0.25, 0.3) is 0 Å². The fourth-order valence-electron chi connectivity index (χ4n) is 1.63. The van der Waals surface area contributed by atoms with E-state index in [2.05, 4.69) is 5.32 Å². The molecule has 0 spiro atoms. The first kappa shape index (κ1) is 13.6. The predicted octanol–water partition coefficient (Wildman–Crippen LogP) is 2.11. The van der Waals surface area contributed by atoms with Crippen LogP contribution in [0.2, 0.25) is 0 Å². The van der Waals surface area contributed by atoms with Crippen LogP contribution in [-0.2, 0) is 0 Å². The molecule has 0 fully saturated rings. The summed E-state index contributed by atoms with van der Waals surface area (Å²) in [6.45, 7) is 3.66. The zero-order chi connectivity index (χ0) is 12.9. The van der Waals surface area contributed by atoms with Gasteiger partial charge in [-0.3, -0.25) is 4.79 Å². The minimum Gasteiger partial charge on any atom is -0.394 e. The number of hydrogen-bond donors (Lipinski definition) is 2. The van der Waals surface area contributed by atoms with Crippen molar-refractivity contribution < 1.29 is 14.3 Å². The second-order valence-corrected chi connectivity index (χ2v) is 4.11. The fraction of sp³-hybridized carbons (Fsp3) is 0.462. The molecule has 1 aromatic rings. The number of carbonyl (C=O) groups is 1. The Morgan fingerprint density at radius 2 is 2.06 bits per heavy atom. The highest BCUT2D eigenvalue weighted by molar-refractivity contribution is 5.94. The molecule has 1 rings (SSSR count). The van der Waals surface area contributed by atoms with E-state index in [1.807, 2.05) is 13.8 Å². The van der Waals surface area contributed by atoms with Gasteiger partial charge in [-0.25, -0.2) is 4.39 Å². The quantitative estimate of drug-likeness (QED) is 0.826. The maximum Gasteiger partial charge on any atom is 0.251 e. The molecule has 2 N–H and O–H groups in total. The first-order valence-corrected chi connectivity index (χ1v) is 5.76. The van der Waals surface area contributed by atoms with Crippen LogP contribution in [0.4, 0.5) is 4.39 Å². The monoisotopic (exact) mass is 239 g/mol. The van der Waals surface area contributed by atoms with E-state index in [4.69, 9.17) is 0 Å². The average molecular weight is 239 g/mol. The number of hydrogen-bond acceptors (Lipinski definition) is 2. The van der Waals surface area contributed by atoms with Crippen LogP contribution in [-0.4, -0.2) is 23.2 Å². The number of aliphatic hydroxyl groups is 1. The van der Waals surface area contributed by atoms with Gasteiger partial charge in [-0.1, -0.05) is 19.9 Å². The molecule has 0 aliphatic carbocycles. The maximum absolute atomic E-state index is 13.0. The molecule has 0 aliphatic heterocycles. The molecule has 0 bridgehead atoms. The van der Waals surface area contributed by atoms with Gasteiger partial charge in [-0.05, 0) is 31.0 Å². The second kappa shape index (κ2) is 5.77. The molecule has 1 aromatic carbocycles. The molecular formula is C13H18FNO2. The molecule has 1 amide bonds. The summed E-state index contributed by atoms with van der Waals surface area (Å²) in [5.41, 5.74) is -0.353. The summed E-state index contributed by atoms with van der Waals surface area (Å²) in [6, 6.07) is 5.51. The van der Waals surface area contributed by atoms with E-state index in [1.54, 1.807) is 6.07 Å². The van der Waals surface area contributed by atoms with E-state index in [1.165, 1.54) is 18.2 Å². The Hall–Kier alpha value is -1.42. The third-order valence-corrected chi connectivity index (χ3v) is 3.12. The number of benzene rings is 1. The van der Waals surface area contributed by atoms with Crippen molar-refractivity contribution in [3.05, 3.63) is 35.6 Å². The van der Waals surface area contributed by atoms with Crippen molar-refractivity contribution in [3.8, 4) is 0 Å². The van der Waals surface area contributed by atoms with Crippen LogP contribution < -0.4 is 5.32 Å². The summed E-state index contributed by atoms with van der Waals surface area (Å²) in [4.78, 5) is 11.9. The van der Waals surface area contributed by atoms with E-state index in [-0.39, 0.29) is 18.1 Å². The zero-order valence-corrected chi connectivity index (χ0v) is 10.2. The summed E-state index contributed by atoms with van der Waals surface area (Å²) in [5.74, 6) is -0.803. The highest BCUT2D eigenvalue weighted by Gasteiger charge is 2.27. The topological polar surface area (TPSA) is 49.3 Å². The molecular weight excluding hydrogens is 221 g/mol. The lowest BCUT2D eigenvalue weighted by atomic mass is 9.93. The lowest BCUT2D eigenvalue weighted by molar-refractivity contribution is 0.0817. The molecule has 0 aliphatic rings. The van der Waals surface area contributed by atoms with Crippen molar-refractivity contribution in [1.82, 2.24) is 5.32 Å². The van der Waals surface area contributed by atoms with E-state index < -0.39 is 11.4 Å². The van der Waals surface area contributed by atoms with Gasteiger partial charge in [-0.2, -0.15) is 0 Å². The average Bonchev–Trinajstić information content (AvgIpc) is 2.36. The Morgan fingerprint density at radius 3 is 2.53 bits per heavy atom. The van der Waals surface area contributed by atoms with Gasteiger partial charge < -0.3 is 10.4 Å². The van der Waals surface area contributed by atoms with Crippen molar-refractivity contribution in [3.63, 3.8) is 0 Å². The first-order valence-electron chi connectivity index (χ1n) is 5.76. The van der Waals surface area contributed by atoms with Gasteiger partial charge in [-0.15, -0.1) is 0 Å². The second-order valence-electron chi connectivity index (χ2n) is 4.11. The smallest absolute Gasteiger partial charge is 0.251 e. The van der Waals surface area contributed by atoms with E-state index >= 15 is 0 Å². The molecule has 0 radical (unpaired) electrons. The molecule has 0 atom stereocenters. The van der Waals surface area contributed by atoms with Gasteiger partial charge in [0.1, 0.15) is 5.82 Å². The predicted molar refractivity (Wildman–Crippen MR) is 64.3 cm³/mol. The van der Waals surface area contributed by atoms with Crippen molar-refractivity contribution in [2.45, 2.75) is 32.2 Å². The van der Waals surface area contributed by atoms with E-state index in [0.29, 0.717) is 12.8 Å². The van der Waals surface area contributed by atoms with Crippen molar-refractivity contribution in [1.29, 1.82) is 0 Å². The number of halogens is 1. The fourth-order valence-corrected chi connectivity index (χ4v) is 1.63. The molecule has 4 heteroatoms. The Labute approximate surface area is 101 Å². The van der Waals surface area contributed by atoms with Gasteiger partial charge >= 0.3 is 0 Å². The molecule has 0 saturated heterocycles. The van der Waals surface area contributed by atoms with Gasteiger partial charge in [0, 0.05) is 5.56 Å². The third kappa shape index (κ3) is 3.27. The molecule has 0 unspecified atom stereocenters. The Bertz CT molecular complexity index is 380. The molecule has 3 nitrogen and oxygen atoms in total. The van der Waals surface area contributed by atoms with Crippen LogP contribution in [0, 0.1) is 5.82 Å². The Kier molecular flexibility index (Phi) is 4.63.